The van der Waals surface area contributed by atoms with E-state index in [4.69, 9.17) is 16.3 Å². The maximum absolute atomic E-state index is 14.1. The fourth-order valence-electron chi connectivity index (χ4n) is 5.09. The molecule has 188 valence electrons. The van der Waals surface area contributed by atoms with Gasteiger partial charge in [-0.25, -0.2) is 9.79 Å². The minimum atomic E-state index is -0.672. The van der Waals surface area contributed by atoms with E-state index in [-0.39, 0.29) is 12.2 Å². The molecule has 0 aliphatic carbocycles. The van der Waals surface area contributed by atoms with E-state index in [0.717, 1.165) is 32.7 Å². The number of carbonyl (C=O) groups is 1. The first-order valence-corrected chi connectivity index (χ1v) is 13.5. The van der Waals surface area contributed by atoms with Crippen molar-refractivity contribution in [3.63, 3.8) is 0 Å². The van der Waals surface area contributed by atoms with Gasteiger partial charge in [0.15, 0.2) is 4.80 Å². The van der Waals surface area contributed by atoms with Crippen LogP contribution in [0.2, 0.25) is 5.02 Å². The summed E-state index contributed by atoms with van der Waals surface area (Å²) in [5.74, 6) is -0.483. The number of nitrogens with zero attached hydrogens (tertiary/aromatic N) is 2. The number of benzene rings is 4. The van der Waals surface area contributed by atoms with Crippen LogP contribution in [0.4, 0.5) is 0 Å². The summed E-state index contributed by atoms with van der Waals surface area (Å²) < 4.78 is 7.53. The largest absolute Gasteiger partial charge is 0.463 e. The number of hydrogen-bond acceptors (Lipinski definition) is 5. The van der Waals surface area contributed by atoms with Gasteiger partial charge in [-0.05, 0) is 70.8 Å². The van der Waals surface area contributed by atoms with Crippen LogP contribution in [0.1, 0.15) is 31.0 Å². The van der Waals surface area contributed by atoms with Crippen LogP contribution in [0.25, 0.3) is 27.6 Å². The van der Waals surface area contributed by atoms with Gasteiger partial charge in [-0.1, -0.05) is 83.6 Å². The molecule has 1 aromatic heterocycles. The predicted molar refractivity (Wildman–Crippen MR) is 153 cm³/mol. The van der Waals surface area contributed by atoms with Crippen molar-refractivity contribution in [3.05, 3.63) is 126 Å². The number of esters is 1. The van der Waals surface area contributed by atoms with E-state index in [0.29, 0.717) is 25.6 Å². The highest BCUT2D eigenvalue weighted by Crippen LogP contribution is 2.32. The molecule has 6 rings (SSSR count). The molecule has 38 heavy (non-hydrogen) atoms. The van der Waals surface area contributed by atoms with Gasteiger partial charge in [-0.2, -0.15) is 0 Å². The number of hydrogen-bond donors (Lipinski definition) is 0. The number of fused-ring (bicyclic) bond motifs is 3. The van der Waals surface area contributed by atoms with Crippen molar-refractivity contribution < 1.29 is 9.53 Å². The van der Waals surface area contributed by atoms with Gasteiger partial charge in [0.2, 0.25) is 0 Å². The smallest absolute Gasteiger partial charge is 0.338 e. The molecule has 0 radical (unpaired) electrons. The minimum Gasteiger partial charge on any atom is -0.463 e. The van der Waals surface area contributed by atoms with Crippen molar-refractivity contribution in [1.82, 2.24) is 4.57 Å². The Bertz CT molecular complexity index is 1900. The molecule has 2 heterocycles. The Morgan fingerprint density at radius 1 is 1.03 bits per heavy atom. The van der Waals surface area contributed by atoms with Crippen molar-refractivity contribution >= 4 is 56.5 Å². The van der Waals surface area contributed by atoms with Gasteiger partial charge in [0.25, 0.3) is 5.56 Å². The molecule has 1 unspecified atom stereocenters. The summed E-state index contributed by atoms with van der Waals surface area (Å²) in [4.78, 5) is 32.4. The van der Waals surface area contributed by atoms with Crippen molar-refractivity contribution in [3.8, 4) is 0 Å². The fourth-order valence-corrected chi connectivity index (χ4v) is 6.24. The van der Waals surface area contributed by atoms with E-state index in [2.05, 4.69) is 35.3 Å². The molecule has 1 atom stereocenters. The standard InChI is InChI=1S/C31H23ClN2O3S/c1-3-37-30(36)27-18(2)33-31-34(28(27)19-12-14-22(32)15-13-19)29(35)26(38-31)17-25-23-10-6-4-8-20(23)16-21-9-5-7-11-24(21)25/h4-17,28H,3H2,1-2H3/b26-17-. The summed E-state index contributed by atoms with van der Waals surface area (Å²) in [6, 6.07) is 25.0. The molecule has 0 saturated heterocycles. The molecule has 5 nitrogen and oxygen atoms in total. The molecular weight excluding hydrogens is 516 g/mol. The third-order valence-electron chi connectivity index (χ3n) is 6.79. The number of allylic oxidation sites excluding steroid dienone is 1. The number of halogens is 1. The average Bonchev–Trinajstić information content (AvgIpc) is 3.22. The number of ether oxygens (including phenoxy) is 1. The summed E-state index contributed by atoms with van der Waals surface area (Å²) in [5.41, 5.74) is 2.42. The second kappa shape index (κ2) is 9.71. The monoisotopic (exact) mass is 538 g/mol. The lowest BCUT2D eigenvalue weighted by atomic mass is 9.96. The summed E-state index contributed by atoms with van der Waals surface area (Å²) in [5, 5.41) is 4.90. The highest BCUT2D eigenvalue weighted by atomic mass is 35.5. The van der Waals surface area contributed by atoms with Crippen LogP contribution >= 0.6 is 22.9 Å². The zero-order chi connectivity index (χ0) is 26.4. The van der Waals surface area contributed by atoms with E-state index in [1.165, 1.54) is 11.3 Å². The van der Waals surface area contributed by atoms with Gasteiger partial charge in [0, 0.05) is 5.02 Å². The molecule has 0 N–H and O–H groups in total. The summed E-state index contributed by atoms with van der Waals surface area (Å²) >= 11 is 7.48. The molecule has 5 aromatic rings. The first-order chi connectivity index (χ1) is 18.5. The zero-order valence-corrected chi connectivity index (χ0v) is 22.3. The molecule has 4 aromatic carbocycles. The predicted octanol–water partition coefficient (Wildman–Crippen LogP) is 5.76. The van der Waals surface area contributed by atoms with Crippen molar-refractivity contribution in [2.75, 3.05) is 6.61 Å². The number of carbonyl (C=O) groups excluding carboxylic acids is 1. The van der Waals surface area contributed by atoms with Gasteiger partial charge in [0.1, 0.15) is 0 Å². The van der Waals surface area contributed by atoms with Crippen LogP contribution in [0, 0.1) is 0 Å². The van der Waals surface area contributed by atoms with Gasteiger partial charge in [0.05, 0.1) is 28.5 Å². The molecular formula is C31H23ClN2O3S. The summed E-state index contributed by atoms with van der Waals surface area (Å²) in [6.07, 6.45) is 1.96. The lowest BCUT2D eigenvalue weighted by molar-refractivity contribution is -0.139. The maximum Gasteiger partial charge on any atom is 0.338 e. The van der Waals surface area contributed by atoms with E-state index in [1.807, 2.05) is 42.5 Å². The third kappa shape index (κ3) is 4.06. The SMILES string of the molecule is CCOC(=O)C1=C(C)N=c2s/c(=C\c3c4ccccc4cc4ccccc34)c(=O)n2C1c1ccc(Cl)cc1. The Balaban J connectivity index is 1.64. The first-order valence-electron chi connectivity index (χ1n) is 12.3. The van der Waals surface area contributed by atoms with Gasteiger partial charge in [-0.3, -0.25) is 9.36 Å². The van der Waals surface area contributed by atoms with Crippen LogP contribution in [0.5, 0.6) is 0 Å². The number of aromatic nitrogens is 1. The van der Waals surface area contributed by atoms with Crippen LogP contribution in [0.15, 0.2) is 99.9 Å². The lowest BCUT2D eigenvalue weighted by Crippen LogP contribution is -2.39. The van der Waals surface area contributed by atoms with E-state index in [1.54, 1.807) is 30.5 Å². The highest BCUT2D eigenvalue weighted by Gasteiger charge is 2.33. The zero-order valence-electron chi connectivity index (χ0n) is 20.8. The molecule has 0 saturated carbocycles. The van der Waals surface area contributed by atoms with Crippen molar-refractivity contribution in [2.45, 2.75) is 19.9 Å². The van der Waals surface area contributed by atoms with E-state index < -0.39 is 12.0 Å². The second-order valence-electron chi connectivity index (χ2n) is 9.09. The summed E-state index contributed by atoms with van der Waals surface area (Å²) in [6.45, 7) is 3.76. The van der Waals surface area contributed by atoms with Gasteiger partial charge < -0.3 is 4.74 Å². The normalized spacial score (nSPS) is 15.6. The third-order valence-corrected chi connectivity index (χ3v) is 8.03. The number of rotatable bonds is 4. The first kappa shape index (κ1) is 24.3. The minimum absolute atomic E-state index is 0.208. The van der Waals surface area contributed by atoms with Crippen LogP contribution < -0.4 is 14.9 Å². The van der Waals surface area contributed by atoms with E-state index in [9.17, 15) is 9.59 Å². The quantitative estimate of drug-likeness (QED) is 0.216. The van der Waals surface area contributed by atoms with Crippen molar-refractivity contribution in [2.24, 2.45) is 4.99 Å². The Hall–Kier alpha value is -4.00. The average molecular weight is 539 g/mol. The highest BCUT2D eigenvalue weighted by molar-refractivity contribution is 7.07. The van der Waals surface area contributed by atoms with Gasteiger partial charge >= 0.3 is 5.97 Å². The molecule has 1 aliphatic heterocycles. The molecule has 0 amide bonds. The Morgan fingerprint density at radius 2 is 1.66 bits per heavy atom. The molecule has 0 spiro atoms. The fraction of sp³-hybridized carbons (Fsp3) is 0.129. The van der Waals surface area contributed by atoms with Crippen molar-refractivity contribution in [1.29, 1.82) is 0 Å². The topological polar surface area (TPSA) is 60.7 Å². The Morgan fingerprint density at radius 3 is 2.29 bits per heavy atom. The van der Waals surface area contributed by atoms with Crippen LogP contribution in [0.3, 0.4) is 0 Å². The molecule has 1 aliphatic rings. The molecule has 7 heteroatoms. The van der Waals surface area contributed by atoms with Crippen LogP contribution in [-0.4, -0.2) is 17.1 Å². The Labute approximate surface area is 227 Å². The lowest BCUT2D eigenvalue weighted by Gasteiger charge is -2.24. The molecule has 0 fully saturated rings. The maximum atomic E-state index is 14.1. The number of thiazole rings is 1. The second-order valence-corrected chi connectivity index (χ2v) is 10.5. The van der Waals surface area contributed by atoms with Crippen LogP contribution in [-0.2, 0) is 9.53 Å². The van der Waals surface area contributed by atoms with Gasteiger partial charge in [-0.15, -0.1) is 0 Å². The summed E-state index contributed by atoms with van der Waals surface area (Å²) in [7, 11) is 0. The van der Waals surface area contributed by atoms with E-state index >= 15 is 0 Å². The molecule has 0 bridgehead atoms. The Kier molecular flexibility index (Phi) is 6.22.